The number of nitrogens with zero attached hydrogens (tertiary/aromatic N) is 3. The summed E-state index contributed by atoms with van der Waals surface area (Å²) < 4.78 is 32.1. The van der Waals surface area contributed by atoms with Gasteiger partial charge in [0, 0.05) is 50.7 Å². The average molecular weight is 754 g/mol. The van der Waals surface area contributed by atoms with E-state index < -0.39 is 6.10 Å². The second-order valence-corrected chi connectivity index (χ2v) is 21.7. The molecule has 1 amide bonds. The maximum atomic E-state index is 13.0. The standard InChI is InChI=1S/C44H71N3O7/c1-26(2)36(54-39(49)45-15-8-16-45)30-19-27(3)35-37(52-30)38(48)42(7)32-10-9-31-40(4,5)33(11-12-43(31)25-44(32,43)14-13-41(35,42)6)53-34-22-46(17-18-51-34)28-20-47(21-28)29-23-50-24-29/h26-38,48H,8-25H2,1-7H3/t27-,30-,31+,32+,33?,34+,35+,36-,37+,38+,41-,42-,43-,44+/m1/s1. The van der Waals surface area contributed by atoms with Gasteiger partial charge in [0.15, 0.2) is 6.29 Å². The van der Waals surface area contributed by atoms with E-state index in [-0.39, 0.29) is 59.0 Å². The van der Waals surface area contributed by atoms with Gasteiger partial charge in [-0.2, -0.15) is 0 Å². The number of rotatable bonds is 7. The number of hydrogen-bond acceptors (Lipinski definition) is 9. The molecule has 5 heterocycles. The summed E-state index contributed by atoms with van der Waals surface area (Å²) in [4.78, 5) is 20.0. The third kappa shape index (κ3) is 5.04. The molecule has 5 aliphatic heterocycles. The molecule has 1 N–H and O–H groups in total. The molecule has 10 rings (SSSR count). The van der Waals surface area contributed by atoms with Crippen molar-refractivity contribution in [1.82, 2.24) is 14.7 Å². The average Bonchev–Trinajstić information content (AvgIpc) is 3.69. The Hall–Kier alpha value is -1.01. The van der Waals surface area contributed by atoms with E-state index in [1.165, 1.54) is 38.5 Å². The molecule has 10 fully saturated rings. The van der Waals surface area contributed by atoms with E-state index in [1.807, 2.05) is 0 Å². The van der Waals surface area contributed by atoms with Crippen LogP contribution in [0.15, 0.2) is 0 Å². The Balaban J connectivity index is 0.837. The third-order valence-corrected chi connectivity index (χ3v) is 19.1. The maximum Gasteiger partial charge on any atom is 0.410 e. The maximum absolute atomic E-state index is 13.0. The molecule has 10 heteroatoms. The van der Waals surface area contributed by atoms with Gasteiger partial charge in [-0.05, 0) is 109 Å². The number of amides is 1. The number of fused-ring (bicyclic) bond motifs is 4. The van der Waals surface area contributed by atoms with Gasteiger partial charge in [-0.15, -0.1) is 0 Å². The molecule has 10 nitrogen and oxygen atoms in total. The van der Waals surface area contributed by atoms with Crippen molar-refractivity contribution in [1.29, 1.82) is 0 Å². The van der Waals surface area contributed by atoms with Crippen LogP contribution in [-0.2, 0) is 23.7 Å². The highest BCUT2D eigenvalue weighted by Crippen LogP contribution is 2.89. The van der Waals surface area contributed by atoms with Crippen LogP contribution in [0.2, 0.25) is 0 Å². The summed E-state index contributed by atoms with van der Waals surface area (Å²) >= 11 is 0. The summed E-state index contributed by atoms with van der Waals surface area (Å²) in [7, 11) is 0. The number of aliphatic hydroxyl groups is 1. The lowest BCUT2D eigenvalue weighted by atomic mass is 9.41. The Kier molecular flexibility index (Phi) is 8.80. The predicted octanol–water partition coefficient (Wildman–Crippen LogP) is 5.79. The molecule has 0 radical (unpaired) electrons. The van der Waals surface area contributed by atoms with Crippen LogP contribution in [0.4, 0.5) is 4.79 Å². The normalized spacial score (nSPS) is 50.7. The van der Waals surface area contributed by atoms with Crippen molar-refractivity contribution in [2.45, 2.75) is 155 Å². The molecule has 5 saturated carbocycles. The quantitative estimate of drug-likeness (QED) is 0.347. The van der Waals surface area contributed by atoms with Crippen molar-refractivity contribution < 1.29 is 33.6 Å². The van der Waals surface area contributed by atoms with Gasteiger partial charge in [0.2, 0.25) is 0 Å². The Morgan fingerprint density at radius 2 is 1.63 bits per heavy atom. The van der Waals surface area contributed by atoms with Gasteiger partial charge >= 0.3 is 6.09 Å². The molecule has 10 aliphatic rings. The summed E-state index contributed by atoms with van der Waals surface area (Å²) in [6, 6.07) is 1.24. The first kappa shape index (κ1) is 37.3. The smallest absolute Gasteiger partial charge is 0.410 e. The molecule has 0 aromatic heterocycles. The fourth-order valence-corrected chi connectivity index (χ4v) is 15.8. The molecular formula is C44H71N3O7. The van der Waals surface area contributed by atoms with Crippen molar-refractivity contribution in [3.8, 4) is 0 Å². The van der Waals surface area contributed by atoms with Gasteiger partial charge in [-0.3, -0.25) is 9.80 Å². The minimum Gasteiger partial charge on any atom is -0.443 e. The van der Waals surface area contributed by atoms with Gasteiger partial charge in [0.05, 0.1) is 50.3 Å². The van der Waals surface area contributed by atoms with Crippen molar-refractivity contribution in [2.75, 3.05) is 59.1 Å². The van der Waals surface area contributed by atoms with Crippen LogP contribution < -0.4 is 0 Å². The summed E-state index contributed by atoms with van der Waals surface area (Å²) in [5, 5.41) is 12.8. The Morgan fingerprint density at radius 3 is 2.31 bits per heavy atom. The first-order chi connectivity index (χ1) is 25.7. The van der Waals surface area contributed by atoms with Crippen molar-refractivity contribution in [3.63, 3.8) is 0 Å². The summed E-state index contributed by atoms with van der Waals surface area (Å²) in [5.74, 6) is 1.97. The Bertz CT molecular complexity index is 1460. The van der Waals surface area contributed by atoms with E-state index in [4.69, 9.17) is 23.7 Å². The van der Waals surface area contributed by atoms with E-state index >= 15 is 0 Å². The zero-order chi connectivity index (χ0) is 37.6. The van der Waals surface area contributed by atoms with Crippen LogP contribution in [0.1, 0.15) is 106 Å². The number of likely N-dealkylation sites (tertiary alicyclic amines) is 2. The number of aliphatic hydroxyl groups excluding tert-OH is 1. The number of morpholine rings is 1. The molecule has 304 valence electrons. The van der Waals surface area contributed by atoms with Crippen LogP contribution in [-0.4, -0.2) is 134 Å². The number of ether oxygens (including phenoxy) is 5. The van der Waals surface area contributed by atoms with Gasteiger partial charge in [0.1, 0.15) is 6.10 Å². The van der Waals surface area contributed by atoms with Gasteiger partial charge in [-0.1, -0.05) is 48.5 Å². The van der Waals surface area contributed by atoms with E-state index in [0.29, 0.717) is 46.6 Å². The fraction of sp³-hybridized carbons (Fsp3) is 0.977. The minimum absolute atomic E-state index is 0.0127. The first-order valence-corrected chi connectivity index (χ1v) is 22.4. The summed E-state index contributed by atoms with van der Waals surface area (Å²) in [6.45, 7) is 25.0. The van der Waals surface area contributed by atoms with Crippen molar-refractivity contribution in [3.05, 3.63) is 0 Å². The predicted molar refractivity (Wildman–Crippen MR) is 204 cm³/mol. The van der Waals surface area contributed by atoms with Crippen LogP contribution in [0.3, 0.4) is 0 Å². The van der Waals surface area contributed by atoms with E-state index in [9.17, 15) is 9.90 Å². The highest BCUT2D eigenvalue weighted by molar-refractivity contribution is 5.68. The number of carbonyl (C=O) groups is 1. The molecule has 0 aromatic carbocycles. The van der Waals surface area contributed by atoms with Gasteiger partial charge in [-0.25, -0.2) is 4.79 Å². The van der Waals surface area contributed by atoms with E-state index in [2.05, 4.69) is 58.3 Å². The lowest BCUT2D eigenvalue weighted by Crippen LogP contribution is -2.68. The number of hydrogen-bond donors (Lipinski definition) is 1. The second-order valence-electron chi connectivity index (χ2n) is 21.7. The van der Waals surface area contributed by atoms with Crippen molar-refractivity contribution in [2.24, 2.45) is 56.7 Å². The van der Waals surface area contributed by atoms with Crippen LogP contribution in [0.25, 0.3) is 0 Å². The molecule has 2 spiro atoms. The molecule has 54 heavy (non-hydrogen) atoms. The van der Waals surface area contributed by atoms with E-state index in [0.717, 1.165) is 78.4 Å². The summed E-state index contributed by atoms with van der Waals surface area (Å²) in [5.41, 5.74) is 0.527. The SMILES string of the molecule is CC(C)[C@@H](OC(=O)N1CCC1)[C@H]1C[C@@H](C)[C@H]2[C@H](O1)[C@H](O)[C@@]1(C)[C@@H]3CC[C@H]4C(C)(C)C(O[C@H]5CN(C6CN(C7COC7)C6)CCO5)CC[C@@]45C[C@@]35CC[C@]21C. The lowest BCUT2D eigenvalue weighted by Gasteiger charge is -2.64. The Morgan fingerprint density at radius 1 is 0.889 bits per heavy atom. The highest BCUT2D eigenvalue weighted by atomic mass is 16.7. The molecular weight excluding hydrogens is 682 g/mol. The topological polar surface area (TPSA) is 93.2 Å². The van der Waals surface area contributed by atoms with Crippen LogP contribution in [0, 0.1) is 56.7 Å². The molecule has 0 aromatic rings. The lowest BCUT2D eigenvalue weighted by molar-refractivity contribution is -0.254. The molecule has 5 saturated heterocycles. The largest absolute Gasteiger partial charge is 0.443 e. The van der Waals surface area contributed by atoms with Crippen LogP contribution >= 0.6 is 0 Å². The zero-order valence-electron chi connectivity index (χ0n) is 34.5. The zero-order valence-corrected chi connectivity index (χ0v) is 34.5. The molecule has 1 unspecified atom stereocenters. The Labute approximate surface area is 324 Å². The van der Waals surface area contributed by atoms with Gasteiger partial charge < -0.3 is 33.7 Å². The molecule has 5 aliphatic carbocycles. The molecule has 0 bridgehead atoms. The third-order valence-electron chi connectivity index (χ3n) is 19.1. The number of carbonyl (C=O) groups excluding carboxylic acids is 1. The van der Waals surface area contributed by atoms with Crippen molar-refractivity contribution >= 4 is 6.09 Å². The fourth-order valence-electron chi connectivity index (χ4n) is 15.8. The van der Waals surface area contributed by atoms with E-state index in [1.54, 1.807) is 4.90 Å². The highest BCUT2D eigenvalue weighted by Gasteiger charge is 2.84. The molecule has 14 atom stereocenters. The summed E-state index contributed by atoms with van der Waals surface area (Å²) in [6.07, 6.45) is 9.07. The second kappa shape index (κ2) is 12.7. The van der Waals surface area contributed by atoms with Gasteiger partial charge in [0.25, 0.3) is 0 Å². The first-order valence-electron chi connectivity index (χ1n) is 22.4. The van der Waals surface area contributed by atoms with Crippen LogP contribution in [0.5, 0.6) is 0 Å². The monoisotopic (exact) mass is 754 g/mol. The minimum atomic E-state index is -0.517.